The van der Waals surface area contributed by atoms with Gasteiger partial charge in [0.2, 0.25) is 5.91 Å². The van der Waals surface area contributed by atoms with Gasteiger partial charge in [-0.3, -0.25) is 4.79 Å². The lowest BCUT2D eigenvalue weighted by Gasteiger charge is -2.31. The molecule has 0 spiro atoms. The molecule has 0 aromatic rings. The summed E-state index contributed by atoms with van der Waals surface area (Å²) in [5.41, 5.74) is 0. The highest BCUT2D eigenvalue weighted by molar-refractivity contribution is 5.76. The van der Waals surface area contributed by atoms with Crippen molar-refractivity contribution in [3.05, 3.63) is 0 Å². The average molecular weight is 229 g/mol. The quantitative estimate of drug-likeness (QED) is 0.742. The summed E-state index contributed by atoms with van der Waals surface area (Å²) in [7, 11) is 0. The van der Waals surface area contributed by atoms with Crippen molar-refractivity contribution in [3.8, 4) is 0 Å². The van der Waals surface area contributed by atoms with Crippen molar-refractivity contribution in [2.75, 3.05) is 19.7 Å². The molecule has 16 heavy (non-hydrogen) atoms. The molecular weight excluding hydrogens is 202 g/mol. The molecule has 0 unspecified atom stereocenters. The fourth-order valence-electron chi connectivity index (χ4n) is 1.88. The summed E-state index contributed by atoms with van der Waals surface area (Å²) in [5.74, 6) is 0.308. The van der Waals surface area contributed by atoms with E-state index in [-0.39, 0.29) is 0 Å². The summed E-state index contributed by atoms with van der Waals surface area (Å²) >= 11 is 0. The minimum atomic E-state index is 0.308. The molecule has 1 saturated heterocycles. The van der Waals surface area contributed by atoms with Gasteiger partial charge in [-0.25, -0.2) is 0 Å². The maximum absolute atomic E-state index is 11.5. The molecule has 0 bridgehead atoms. The summed E-state index contributed by atoms with van der Waals surface area (Å²) in [6.45, 7) is 10.6. The zero-order chi connectivity index (χ0) is 12.4. The Balaban J connectivity index is 0.00000106. The lowest BCUT2D eigenvalue weighted by molar-refractivity contribution is -0.133. The van der Waals surface area contributed by atoms with Crippen molar-refractivity contribution in [2.45, 2.75) is 59.5 Å². The summed E-state index contributed by atoms with van der Waals surface area (Å²) in [5, 5.41) is 0. The largest absolute Gasteiger partial charge is 0.378 e. The van der Waals surface area contributed by atoms with Crippen LogP contribution in [0.15, 0.2) is 0 Å². The van der Waals surface area contributed by atoms with E-state index in [9.17, 15) is 4.79 Å². The van der Waals surface area contributed by atoms with Crippen LogP contribution in [0.3, 0.4) is 0 Å². The second-order valence-electron chi connectivity index (χ2n) is 3.79. The highest BCUT2D eigenvalue weighted by Crippen LogP contribution is 2.14. The lowest BCUT2D eigenvalue weighted by Crippen LogP contribution is -2.40. The van der Waals surface area contributed by atoms with Crippen LogP contribution in [0.4, 0.5) is 0 Å². The van der Waals surface area contributed by atoms with Gasteiger partial charge in [0.1, 0.15) is 0 Å². The van der Waals surface area contributed by atoms with Gasteiger partial charge in [0.05, 0.1) is 6.10 Å². The maximum Gasteiger partial charge on any atom is 0.222 e. The van der Waals surface area contributed by atoms with Gasteiger partial charge < -0.3 is 9.64 Å². The number of carbonyl (C=O) groups is 1. The van der Waals surface area contributed by atoms with Crippen molar-refractivity contribution in [1.29, 1.82) is 0 Å². The van der Waals surface area contributed by atoms with Crippen LogP contribution in [-0.4, -0.2) is 36.6 Å². The Labute approximate surface area is 100 Å². The average Bonchev–Trinajstić information content (AvgIpc) is 2.33. The van der Waals surface area contributed by atoms with Gasteiger partial charge in [0.25, 0.3) is 0 Å². The van der Waals surface area contributed by atoms with Crippen molar-refractivity contribution >= 4 is 5.91 Å². The summed E-state index contributed by atoms with van der Waals surface area (Å²) in [4.78, 5) is 13.5. The topological polar surface area (TPSA) is 29.5 Å². The van der Waals surface area contributed by atoms with Crippen molar-refractivity contribution in [2.24, 2.45) is 0 Å². The van der Waals surface area contributed by atoms with E-state index in [2.05, 4.69) is 0 Å². The molecule has 0 saturated carbocycles. The van der Waals surface area contributed by atoms with Gasteiger partial charge in [-0.2, -0.15) is 0 Å². The minimum absolute atomic E-state index is 0.308. The normalized spacial score (nSPS) is 16.6. The van der Waals surface area contributed by atoms with Gasteiger partial charge in [-0.15, -0.1) is 0 Å². The van der Waals surface area contributed by atoms with E-state index in [4.69, 9.17) is 4.74 Å². The first-order chi connectivity index (χ1) is 7.77. The zero-order valence-corrected chi connectivity index (χ0v) is 11.3. The number of rotatable bonds is 4. The lowest BCUT2D eigenvalue weighted by atomic mass is 10.1. The van der Waals surface area contributed by atoms with E-state index < -0.39 is 0 Å². The molecule has 0 aromatic heterocycles. The second kappa shape index (κ2) is 9.64. The van der Waals surface area contributed by atoms with E-state index >= 15 is 0 Å². The Morgan fingerprint density at radius 1 is 1.25 bits per heavy atom. The Bertz CT molecular complexity index is 175. The first-order valence-electron chi connectivity index (χ1n) is 6.67. The summed E-state index contributed by atoms with van der Waals surface area (Å²) < 4.78 is 5.53. The van der Waals surface area contributed by atoms with Crippen molar-refractivity contribution < 1.29 is 9.53 Å². The monoisotopic (exact) mass is 229 g/mol. The highest BCUT2D eigenvalue weighted by atomic mass is 16.5. The standard InChI is InChI=1S/C11H21NO2.C2H6/c1-3-5-11(13)12-8-6-10(7-9-12)14-4-2;1-2/h10H,3-9H2,1-2H3;1-2H3. The van der Waals surface area contributed by atoms with Gasteiger partial charge in [-0.1, -0.05) is 20.8 Å². The highest BCUT2D eigenvalue weighted by Gasteiger charge is 2.21. The molecule has 0 radical (unpaired) electrons. The molecular formula is C13H27NO2. The van der Waals surface area contributed by atoms with Crippen LogP contribution >= 0.6 is 0 Å². The maximum atomic E-state index is 11.5. The van der Waals surface area contributed by atoms with Crippen LogP contribution in [0.25, 0.3) is 0 Å². The zero-order valence-electron chi connectivity index (χ0n) is 11.3. The van der Waals surface area contributed by atoms with Crippen LogP contribution in [-0.2, 0) is 9.53 Å². The van der Waals surface area contributed by atoms with E-state index in [0.29, 0.717) is 18.4 Å². The number of carbonyl (C=O) groups excluding carboxylic acids is 1. The van der Waals surface area contributed by atoms with Gasteiger partial charge >= 0.3 is 0 Å². The van der Waals surface area contributed by atoms with Crippen LogP contribution in [0.2, 0.25) is 0 Å². The molecule has 1 rings (SSSR count). The predicted molar refractivity (Wildman–Crippen MR) is 67.5 cm³/mol. The Kier molecular flexibility index (Phi) is 9.30. The van der Waals surface area contributed by atoms with Crippen molar-refractivity contribution in [3.63, 3.8) is 0 Å². The number of amides is 1. The van der Waals surface area contributed by atoms with Gasteiger partial charge in [-0.05, 0) is 26.2 Å². The fraction of sp³-hybridized carbons (Fsp3) is 0.923. The summed E-state index contributed by atoms with van der Waals surface area (Å²) in [6, 6.07) is 0. The first kappa shape index (κ1) is 15.4. The number of likely N-dealkylation sites (tertiary alicyclic amines) is 1. The Morgan fingerprint density at radius 2 is 1.81 bits per heavy atom. The third-order valence-electron chi connectivity index (χ3n) is 2.66. The van der Waals surface area contributed by atoms with Crippen LogP contribution < -0.4 is 0 Å². The molecule has 1 aliphatic heterocycles. The number of ether oxygens (including phenoxy) is 1. The van der Waals surface area contributed by atoms with E-state index in [0.717, 1.165) is 39.0 Å². The van der Waals surface area contributed by atoms with Gasteiger partial charge in [0.15, 0.2) is 0 Å². The third kappa shape index (κ3) is 5.50. The SMILES string of the molecule is CC.CCCC(=O)N1CCC(OCC)CC1. The molecule has 3 heteroatoms. The smallest absolute Gasteiger partial charge is 0.222 e. The molecule has 1 amide bonds. The summed E-state index contributed by atoms with van der Waals surface area (Å²) in [6.07, 6.45) is 4.03. The first-order valence-corrected chi connectivity index (χ1v) is 6.67. The van der Waals surface area contributed by atoms with Gasteiger partial charge in [0, 0.05) is 26.1 Å². The number of piperidine rings is 1. The van der Waals surface area contributed by atoms with Crippen molar-refractivity contribution in [1.82, 2.24) is 4.90 Å². The second-order valence-corrected chi connectivity index (χ2v) is 3.79. The molecule has 1 aliphatic rings. The van der Waals surface area contributed by atoms with Crippen LogP contribution in [0, 0.1) is 0 Å². The van der Waals surface area contributed by atoms with Crippen LogP contribution in [0.5, 0.6) is 0 Å². The van der Waals surface area contributed by atoms with E-state index in [1.165, 1.54) is 0 Å². The number of hydrogen-bond donors (Lipinski definition) is 0. The molecule has 96 valence electrons. The Hall–Kier alpha value is -0.570. The molecule has 1 fully saturated rings. The van der Waals surface area contributed by atoms with E-state index in [1.54, 1.807) is 0 Å². The third-order valence-corrected chi connectivity index (χ3v) is 2.66. The minimum Gasteiger partial charge on any atom is -0.378 e. The Morgan fingerprint density at radius 3 is 2.25 bits per heavy atom. The molecule has 0 aromatic carbocycles. The molecule has 0 aliphatic carbocycles. The number of nitrogens with zero attached hydrogens (tertiary/aromatic N) is 1. The predicted octanol–water partition coefficient (Wildman–Crippen LogP) is 2.84. The van der Waals surface area contributed by atoms with E-state index in [1.807, 2.05) is 32.6 Å². The molecule has 3 nitrogen and oxygen atoms in total. The molecule has 1 heterocycles. The van der Waals surface area contributed by atoms with Crippen LogP contribution in [0.1, 0.15) is 53.4 Å². The number of hydrogen-bond acceptors (Lipinski definition) is 2. The molecule has 0 N–H and O–H groups in total. The fourth-order valence-corrected chi connectivity index (χ4v) is 1.88. The molecule has 0 atom stereocenters.